The maximum atomic E-state index is 13.5. The number of carbonyl (C=O) groups is 3. The van der Waals surface area contributed by atoms with Gasteiger partial charge in [0.15, 0.2) is 0 Å². The minimum absolute atomic E-state index is 0.102. The predicted octanol–water partition coefficient (Wildman–Crippen LogP) is 6.05. The van der Waals surface area contributed by atoms with Crippen LogP contribution in [0.4, 0.5) is 0 Å². The van der Waals surface area contributed by atoms with E-state index in [-0.39, 0.29) is 30.6 Å². The average Bonchev–Trinajstić information content (AvgIpc) is 3.48. The zero-order chi connectivity index (χ0) is 29.2. The molecule has 0 bridgehead atoms. The fourth-order valence-electron chi connectivity index (χ4n) is 4.34. The molecule has 0 aliphatic rings. The highest BCUT2D eigenvalue weighted by atomic mass is 32.1. The van der Waals surface area contributed by atoms with Gasteiger partial charge in [0.05, 0.1) is 5.56 Å². The van der Waals surface area contributed by atoms with E-state index in [0.29, 0.717) is 12.4 Å². The lowest BCUT2D eigenvalue weighted by atomic mass is 9.99. The SMILES string of the molecule is Cc1ccccc1C(CCC(=O)O)Oc1cc(OCc2ccsc2)ccc1C(=O)N[C@H](Cc1ccccc1)C(=O)O. The molecule has 1 aromatic heterocycles. The van der Waals surface area contributed by atoms with Crippen LogP contribution >= 0.6 is 11.3 Å². The van der Waals surface area contributed by atoms with Gasteiger partial charge in [0.2, 0.25) is 0 Å². The Morgan fingerprint density at radius 3 is 2.37 bits per heavy atom. The zero-order valence-corrected chi connectivity index (χ0v) is 23.3. The largest absolute Gasteiger partial charge is 0.489 e. The van der Waals surface area contributed by atoms with Gasteiger partial charge in [-0.2, -0.15) is 11.3 Å². The van der Waals surface area contributed by atoms with Crippen molar-refractivity contribution in [2.75, 3.05) is 0 Å². The molecule has 1 unspecified atom stereocenters. The number of thiophene rings is 1. The van der Waals surface area contributed by atoms with Gasteiger partial charge >= 0.3 is 11.9 Å². The second-order valence-electron chi connectivity index (χ2n) is 9.53. The molecule has 0 radical (unpaired) electrons. The minimum atomic E-state index is -1.17. The van der Waals surface area contributed by atoms with Gasteiger partial charge in [0.1, 0.15) is 30.3 Å². The lowest BCUT2D eigenvalue weighted by molar-refractivity contribution is -0.139. The Morgan fingerprint density at radius 2 is 1.68 bits per heavy atom. The Hall–Kier alpha value is -4.63. The van der Waals surface area contributed by atoms with E-state index in [1.54, 1.807) is 47.7 Å². The maximum absolute atomic E-state index is 13.5. The van der Waals surface area contributed by atoms with Crippen LogP contribution in [0.2, 0.25) is 0 Å². The molecule has 0 saturated carbocycles. The lowest BCUT2D eigenvalue weighted by Gasteiger charge is -2.23. The standard InChI is InChI=1S/C32H31NO7S/c1-21-7-5-6-10-25(21)28(13-14-30(34)35)40-29-18-24(39-19-23-15-16-41-20-23)11-12-26(29)31(36)33-27(32(37)38)17-22-8-3-2-4-9-22/h2-12,15-16,18,20,27-28H,13-14,17,19H2,1H3,(H,33,36)(H,34,35)(H,37,38)/t27-,28?/m1/s1. The number of carbonyl (C=O) groups excluding carboxylic acids is 1. The summed E-state index contributed by atoms with van der Waals surface area (Å²) in [5.74, 6) is -2.16. The molecule has 9 heteroatoms. The highest BCUT2D eigenvalue weighted by Crippen LogP contribution is 2.33. The third kappa shape index (κ3) is 8.43. The van der Waals surface area contributed by atoms with E-state index >= 15 is 0 Å². The molecule has 4 rings (SSSR count). The minimum Gasteiger partial charge on any atom is -0.489 e. The van der Waals surface area contributed by atoms with E-state index < -0.39 is 30.0 Å². The van der Waals surface area contributed by atoms with Crippen LogP contribution in [0.25, 0.3) is 0 Å². The van der Waals surface area contributed by atoms with E-state index in [1.165, 1.54) is 6.07 Å². The Kier molecular flexibility index (Phi) is 10.1. The van der Waals surface area contributed by atoms with Crippen LogP contribution in [0.3, 0.4) is 0 Å². The van der Waals surface area contributed by atoms with E-state index in [0.717, 1.165) is 22.3 Å². The molecule has 0 fully saturated rings. The van der Waals surface area contributed by atoms with Crippen molar-refractivity contribution in [2.24, 2.45) is 0 Å². The fourth-order valence-corrected chi connectivity index (χ4v) is 4.99. The van der Waals surface area contributed by atoms with E-state index in [1.807, 2.05) is 54.1 Å². The first-order valence-corrected chi connectivity index (χ1v) is 14.0. The van der Waals surface area contributed by atoms with Crippen molar-refractivity contribution in [3.8, 4) is 11.5 Å². The molecular weight excluding hydrogens is 542 g/mol. The molecule has 0 aliphatic heterocycles. The first-order chi connectivity index (χ1) is 19.8. The molecule has 212 valence electrons. The average molecular weight is 574 g/mol. The molecule has 41 heavy (non-hydrogen) atoms. The summed E-state index contributed by atoms with van der Waals surface area (Å²) in [5, 5.41) is 25.7. The second kappa shape index (κ2) is 14.1. The number of ether oxygens (including phenoxy) is 2. The van der Waals surface area contributed by atoms with Crippen LogP contribution < -0.4 is 14.8 Å². The number of benzene rings is 3. The van der Waals surface area contributed by atoms with E-state index in [4.69, 9.17) is 9.47 Å². The van der Waals surface area contributed by atoms with Crippen molar-refractivity contribution < 1.29 is 34.1 Å². The summed E-state index contributed by atoms with van der Waals surface area (Å²) in [5.41, 5.74) is 3.57. The number of carboxylic acid groups (broad SMARTS) is 2. The molecule has 4 aromatic rings. The molecule has 0 aliphatic carbocycles. The number of rotatable bonds is 14. The Labute approximate surface area is 242 Å². The summed E-state index contributed by atoms with van der Waals surface area (Å²) < 4.78 is 12.3. The first kappa shape index (κ1) is 29.4. The summed E-state index contributed by atoms with van der Waals surface area (Å²) in [7, 11) is 0. The van der Waals surface area contributed by atoms with Crippen LogP contribution in [0.1, 0.15) is 51.6 Å². The predicted molar refractivity (Wildman–Crippen MR) is 156 cm³/mol. The number of aliphatic carboxylic acids is 2. The first-order valence-electron chi connectivity index (χ1n) is 13.1. The van der Waals surface area contributed by atoms with Gasteiger partial charge < -0.3 is 25.0 Å². The van der Waals surface area contributed by atoms with Crippen molar-refractivity contribution in [3.63, 3.8) is 0 Å². The zero-order valence-electron chi connectivity index (χ0n) is 22.5. The summed E-state index contributed by atoms with van der Waals surface area (Å²) in [6.45, 7) is 2.22. The molecular formula is C32H31NO7S. The molecule has 3 aromatic carbocycles. The smallest absolute Gasteiger partial charge is 0.326 e. The van der Waals surface area contributed by atoms with Crippen molar-refractivity contribution in [1.82, 2.24) is 5.32 Å². The highest BCUT2D eigenvalue weighted by molar-refractivity contribution is 7.07. The number of hydrogen-bond acceptors (Lipinski definition) is 6. The van der Waals surface area contributed by atoms with Crippen molar-refractivity contribution in [1.29, 1.82) is 0 Å². The Morgan fingerprint density at radius 1 is 0.927 bits per heavy atom. The van der Waals surface area contributed by atoms with Crippen LogP contribution in [0.15, 0.2) is 89.6 Å². The molecule has 3 N–H and O–H groups in total. The van der Waals surface area contributed by atoms with Crippen molar-refractivity contribution in [3.05, 3.63) is 117 Å². The van der Waals surface area contributed by atoms with Crippen LogP contribution in [0, 0.1) is 6.92 Å². The monoisotopic (exact) mass is 573 g/mol. The van der Waals surface area contributed by atoms with E-state index in [9.17, 15) is 24.6 Å². The summed E-state index contributed by atoms with van der Waals surface area (Å²) in [6, 6.07) is 22.0. The number of amides is 1. The molecule has 1 amide bonds. The second-order valence-corrected chi connectivity index (χ2v) is 10.3. The third-order valence-corrected chi connectivity index (χ3v) is 7.23. The molecule has 2 atom stereocenters. The third-order valence-electron chi connectivity index (χ3n) is 6.49. The van der Waals surface area contributed by atoms with Crippen LogP contribution in [-0.2, 0) is 22.6 Å². The van der Waals surface area contributed by atoms with Gasteiger partial charge in [0.25, 0.3) is 5.91 Å². The van der Waals surface area contributed by atoms with Crippen molar-refractivity contribution in [2.45, 2.75) is 44.9 Å². The molecule has 0 saturated heterocycles. The normalized spacial score (nSPS) is 12.2. The number of aryl methyl sites for hydroxylation is 1. The number of hydrogen-bond donors (Lipinski definition) is 3. The number of carboxylic acids is 2. The Balaban J connectivity index is 1.65. The fraction of sp³-hybridized carbons (Fsp3) is 0.219. The molecule has 0 spiro atoms. The van der Waals surface area contributed by atoms with Crippen LogP contribution in [0.5, 0.6) is 11.5 Å². The molecule has 8 nitrogen and oxygen atoms in total. The van der Waals surface area contributed by atoms with Gasteiger partial charge in [-0.25, -0.2) is 4.79 Å². The summed E-state index contributed by atoms with van der Waals surface area (Å²) >= 11 is 1.55. The van der Waals surface area contributed by atoms with Gasteiger partial charge in [-0.15, -0.1) is 0 Å². The lowest BCUT2D eigenvalue weighted by Crippen LogP contribution is -2.42. The highest BCUT2D eigenvalue weighted by Gasteiger charge is 2.25. The molecule has 1 heterocycles. The van der Waals surface area contributed by atoms with Gasteiger partial charge in [-0.1, -0.05) is 54.6 Å². The van der Waals surface area contributed by atoms with Crippen molar-refractivity contribution >= 4 is 29.2 Å². The maximum Gasteiger partial charge on any atom is 0.326 e. The van der Waals surface area contributed by atoms with Gasteiger partial charge in [0, 0.05) is 18.9 Å². The quantitative estimate of drug-likeness (QED) is 0.168. The summed E-state index contributed by atoms with van der Waals surface area (Å²) in [4.78, 5) is 37.0. The van der Waals surface area contributed by atoms with Crippen LogP contribution in [-0.4, -0.2) is 34.1 Å². The van der Waals surface area contributed by atoms with Gasteiger partial charge in [-0.3, -0.25) is 9.59 Å². The topological polar surface area (TPSA) is 122 Å². The summed E-state index contributed by atoms with van der Waals surface area (Å²) in [6.07, 6.45) is -0.560. The van der Waals surface area contributed by atoms with E-state index in [2.05, 4.69) is 5.32 Å². The van der Waals surface area contributed by atoms with Gasteiger partial charge in [-0.05, 0) is 64.6 Å². The Bertz CT molecular complexity index is 1470. The number of nitrogens with one attached hydrogen (secondary N) is 1.